The topological polar surface area (TPSA) is 9.23 Å². The maximum atomic E-state index is 12.6. The zero-order valence-electron chi connectivity index (χ0n) is 11.5. The van der Waals surface area contributed by atoms with Gasteiger partial charge in [0.15, 0.2) is 0 Å². The number of rotatable bonds is 4. The molecule has 0 fully saturated rings. The molecule has 0 aliphatic carbocycles. The van der Waals surface area contributed by atoms with E-state index in [2.05, 4.69) is 18.2 Å². The number of ether oxygens (including phenoxy) is 1. The van der Waals surface area contributed by atoms with E-state index in [1.54, 1.807) is 6.07 Å². The summed E-state index contributed by atoms with van der Waals surface area (Å²) in [5, 5.41) is 0. The minimum Gasteiger partial charge on any atom is -0.462 e. The van der Waals surface area contributed by atoms with Gasteiger partial charge in [0, 0.05) is 5.56 Å². The van der Waals surface area contributed by atoms with Gasteiger partial charge < -0.3 is 4.74 Å². The van der Waals surface area contributed by atoms with Crippen LogP contribution < -0.4 is 4.74 Å². The number of hydrogen-bond donors (Lipinski definition) is 0. The van der Waals surface area contributed by atoms with Crippen LogP contribution in [0.4, 0.5) is 4.39 Å². The molecule has 21 heavy (non-hydrogen) atoms. The molecule has 0 heterocycles. The van der Waals surface area contributed by atoms with E-state index >= 15 is 0 Å². The largest absolute Gasteiger partial charge is 0.462 e. The Bertz CT molecular complexity index is 722. The van der Waals surface area contributed by atoms with E-state index in [0.29, 0.717) is 5.75 Å². The Morgan fingerprint density at radius 3 is 1.90 bits per heavy atom. The highest BCUT2D eigenvalue weighted by atomic mass is 19.1. The zero-order valence-corrected chi connectivity index (χ0v) is 11.5. The molecular formula is C19H15FO. The number of alkyl halides is 1. The predicted molar refractivity (Wildman–Crippen MR) is 83.9 cm³/mol. The smallest absolute Gasteiger partial charge is 0.228 e. The van der Waals surface area contributed by atoms with Gasteiger partial charge in [0.2, 0.25) is 6.86 Å². The van der Waals surface area contributed by atoms with Gasteiger partial charge in [0.05, 0.1) is 0 Å². The summed E-state index contributed by atoms with van der Waals surface area (Å²) >= 11 is 0. The lowest BCUT2D eigenvalue weighted by atomic mass is 9.94. The van der Waals surface area contributed by atoms with Crippen LogP contribution in [-0.4, -0.2) is 6.86 Å². The van der Waals surface area contributed by atoms with Crippen molar-refractivity contribution < 1.29 is 9.13 Å². The van der Waals surface area contributed by atoms with Gasteiger partial charge in [0.25, 0.3) is 0 Å². The van der Waals surface area contributed by atoms with Crippen LogP contribution in [0.15, 0.2) is 78.9 Å². The van der Waals surface area contributed by atoms with Crippen molar-refractivity contribution in [3.8, 4) is 28.0 Å². The van der Waals surface area contributed by atoms with Crippen LogP contribution in [0.25, 0.3) is 22.3 Å². The molecule has 0 atom stereocenters. The summed E-state index contributed by atoms with van der Waals surface area (Å²) < 4.78 is 17.7. The number of benzene rings is 3. The summed E-state index contributed by atoms with van der Waals surface area (Å²) in [6, 6.07) is 25.7. The van der Waals surface area contributed by atoms with Crippen LogP contribution in [0.1, 0.15) is 0 Å². The van der Waals surface area contributed by atoms with Crippen LogP contribution in [-0.2, 0) is 0 Å². The van der Waals surface area contributed by atoms with E-state index in [-0.39, 0.29) is 0 Å². The molecule has 0 aliphatic heterocycles. The van der Waals surface area contributed by atoms with Gasteiger partial charge in [-0.1, -0.05) is 72.8 Å². The highest BCUT2D eigenvalue weighted by molar-refractivity contribution is 5.85. The third-order valence-electron chi connectivity index (χ3n) is 3.40. The molecule has 0 amide bonds. The molecule has 0 unspecified atom stereocenters. The van der Waals surface area contributed by atoms with Crippen LogP contribution in [0.3, 0.4) is 0 Å². The molecule has 104 valence electrons. The van der Waals surface area contributed by atoms with Gasteiger partial charge >= 0.3 is 0 Å². The fourth-order valence-corrected chi connectivity index (χ4v) is 2.46. The van der Waals surface area contributed by atoms with Crippen LogP contribution in [0.2, 0.25) is 0 Å². The molecule has 0 N–H and O–H groups in total. The van der Waals surface area contributed by atoms with Gasteiger partial charge in [-0.15, -0.1) is 0 Å². The van der Waals surface area contributed by atoms with Crippen molar-refractivity contribution >= 4 is 0 Å². The first-order chi connectivity index (χ1) is 10.4. The first-order valence-corrected chi connectivity index (χ1v) is 6.83. The number of hydrogen-bond acceptors (Lipinski definition) is 1. The van der Waals surface area contributed by atoms with E-state index < -0.39 is 6.86 Å². The maximum Gasteiger partial charge on any atom is 0.228 e. The quantitative estimate of drug-likeness (QED) is 0.627. The molecule has 3 aromatic rings. The highest BCUT2D eigenvalue weighted by Gasteiger charge is 2.11. The Kier molecular flexibility index (Phi) is 3.97. The molecule has 0 radical (unpaired) electrons. The second kappa shape index (κ2) is 6.23. The molecule has 0 saturated heterocycles. The van der Waals surface area contributed by atoms with Crippen molar-refractivity contribution in [2.24, 2.45) is 0 Å². The summed E-state index contributed by atoms with van der Waals surface area (Å²) in [7, 11) is 0. The second-order valence-corrected chi connectivity index (χ2v) is 4.66. The number of halogens is 1. The summed E-state index contributed by atoms with van der Waals surface area (Å²) in [6.07, 6.45) is 0. The second-order valence-electron chi connectivity index (χ2n) is 4.66. The molecule has 3 aromatic carbocycles. The Balaban J connectivity index is 2.16. The van der Waals surface area contributed by atoms with Gasteiger partial charge in [-0.3, -0.25) is 0 Å². The first kappa shape index (κ1) is 13.4. The third-order valence-corrected chi connectivity index (χ3v) is 3.40. The van der Waals surface area contributed by atoms with E-state index in [4.69, 9.17) is 4.74 Å². The van der Waals surface area contributed by atoms with Gasteiger partial charge in [-0.05, 0) is 22.8 Å². The van der Waals surface area contributed by atoms with Gasteiger partial charge in [-0.2, -0.15) is 0 Å². The average Bonchev–Trinajstić information content (AvgIpc) is 2.57. The summed E-state index contributed by atoms with van der Waals surface area (Å²) in [5.41, 5.74) is 4.17. The Labute approximate surface area is 123 Å². The molecule has 0 bridgehead atoms. The fraction of sp³-hybridized carbons (Fsp3) is 0.0526. The molecule has 2 heteroatoms. The van der Waals surface area contributed by atoms with Crippen molar-refractivity contribution in [2.75, 3.05) is 6.86 Å². The summed E-state index contributed by atoms with van der Waals surface area (Å²) in [4.78, 5) is 0. The van der Waals surface area contributed by atoms with Crippen molar-refractivity contribution in [3.05, 3.63) is 78.9 Å². The van der Waals surface area contributed by atoms with Crippen molar-refractivity contribution in [1.82, 2.24) is 0 Å². The normalized spacial score (nSPS) is 10.3. The molecule has 0 aromatic heterocycles. The van der Waals surface area contributed by atoms with Gasteiger partial charge in [0.1, 0.15) is 5.75 Å². The Morgan fingerprint density at radius 2 is 1.19 bits per heavy atom. The lowest BCUT2D eigenvalue weighted by Gasteiger charge is -2.13. The molecule has 0 spiro atoms. The van der Waals surface area contributed by atoms with E-state index in [9.17, 15) is 4.39 Å². The van der Waals surface area contributed by atoms with Crippen molar-refractivity contribution in [1.29, 1.82) is 0 Å². The highest BCUT2D eigenvalue weighted by Crippen LogP contribution is 2.36. The molecule has 0 saturated carbocycles. The fourth-order valence-electron chi connectivity index (χ4n) is 2.46. The van der Waals surface area contributed by atoms with Crippen LogP contribution in [0, 0.1) is 0 Å². The third kappa shape index (κ3) is 2.79. The van der Waals surface area contributed by atoms with Crippen LogP contribution in [0.5, 0.6) is 5.75 Å². The minimum absolute atomic E-state index is 0.559. The zero-order chi connectivity index (χ0) is 14.5. The standard InChI is InChI=1S/C19H15FO/c20-14-21-19-13-7-6-12-18(19)17-11-5-4-10-16(17)15-8-2-1-3-9-15/h1-13H,14H2. The monoisotopic (exact) mass is 278 g/mol. The lowest BCUT2D eigenvalue weighted by molar-refractivity contribution is 0.192. The predicted octanol–water partition coefficient (Wildman–Crippen LogP) is 5.33. The summed E-state index contributed by atoms with van der Waals surface area (Å²) in [6.45, 7) is -0.829. The number of para-hydroxylation sites is 1. The SMILES string of the molecule is FCOc1ccccc1-c1ccccc1-c1ccccc1. The van der Waals surface area contributed by atoms with Crippen LogP contribution >= 0.6 is 0 Å². The minimum atomic E-state index is -0.829. The molecule has 3 rings (SSSR count). The lowest BCUT2D eigenvalue weighted by Crippen LogP contribution is -1.93. The molecule has 0 aliphatic rings. The van der Waals surface area contributed by atoms with E-state index in [1.165, 1.54) is 0 Å². The molecular weight excluding hydrogens is 263 g/mol. The first-order valence-electron chi connectivity index (χ1n) is 6.83. The Morgan fingerprint density at radius 1 is 0.619 bits per heavy atom. The van der Waals surface area contributed by atoms with E-state index in [0.717, 1.165) is 22.3 Å². The van der Waals surface area contributed by atoms with Crippen molar-refractivity contribution in [2.45, 2.75) is 0 Å². The average molecular weight is 278 g/mol. The van der Waals surface area contributed by atoms with Crippen molar-refractivity contribution in [3.63, 3.8) is 0 Å². The van der Waals surface area contributed by atoms with Gasteiger partial charge in [-0.25, -0.2) is 4.39 Å². The Hall–Kier alpha value is -2.61. The maximum absolute atomic E-state index is 12.6. The molecule has 1 nitrogen and oxygen atoms in total. The summed E-state index contributed by atoms with van der Waals surface area (Å²) in [5.74, 6) is 0.559. The van der Waals surface area contributed by atoms with E-state index in [1.807, 2.05) is 54.6 Å².